The number of piperidine rings is 1. The zero-order valence-electron chi connectivity index (χ0n) is 14.9. The summed E-state index contributed by atoms with van der Waals surface area (Å²) in [5.74, 6) is 1.77. The average Bonchev–Trinajstić information content (AvgIpc) is 3.34. The Labute approximate surface area is 162 Å². The number of rotatable bonds is 5. The minimum absolute atomic E-state index is 0.100. The van der Waals surface area contributed by atoms with Gasteiger partial charge in [-0.25, -0.2) is 9.97 Å². The summed E-state index contributed by atoms with van der Waals surface area (Å²) < 4.78 is 7.79. The number of amides is 1. The van der Waals surface area contributed by atoms with E-state index in [4.69, 9.17) is 16.0 Å². The molecule has 3 aromatic rings. The molecule has 1 atom stereocenters. The standard InChI is InChI=1S/C20H21ClN4O2/c21-17-5-1-3-15(9-17)10-18-11-23-20(27-18)16-4-2-7-25(12-16)19(26)13-24-8-6-22-14-24/h1,3,5-6,8-9,11,14,16H,2,4,7,10,12-13H2/t16-/m0/s1. The third-order valence-electron chi connectivity index (χ3n) is 4.84. The molecule has 4 rings (SSSR count). The lowest BCUT2D eigenvalue weighted by Gasteiger charge is -2.31. The average molecular weight is 385 g/mol. The lowest BCUT2D eigenvalue weighted by Crippen LogP contribution is -2.40. The molecule has 140 valence electrons. The van der Waals surface area contributed by atoms with Crippen LogP contribution in [0.3, 0.4) is 0 Å². The minimum Gasteiger partial charge on any atom is -0.445 e. The van der Waals surface area contributed by atoms with Crippen LogP contribution in [0.25, 0.3) is 0 Å². The summed E-state index contributed by atoms with van der Waals surface area (Å²) in [6.07, 6.45) is 9.51. The van der Waals surface area contributed by atoms with E-state index in [1.54, 1.807) is 29.5 Å². The van der Waals surface area contributed by atoms with Gasteiger partial charge in [0.1, 0.15) is 12.3 Å². The largest absolute Gasteiger partial charge is 0.445 e. The van der Waals surface area contributed by atoms with E-state index in [2.05, 4.69) is 9.97 Å². The molecular weight excluding hydrogens is 364 g/mol. The van der Waals surface area contributed by atoms with Crippen molar-refractivity contribution in [1.82, 2.24) is 19.4 Å². The molecule has 1 aliphatic rings. The Morgan fingerprint density at radius 2 is 2.30 bits per heavy atom. The number of carbonyl (C=O) groups excluding carboxylic acids is 1. The van der Waals surface area contributed by atoms with Gasteiger partial charge in [0.25, 0.3) is 0 Å². The van der Waals surface area contributed by atoms with Crippen molar-refractivity contribution in [1.29, 1.82) is 0 Å². The van der Waals surface area contributed by atoms with Gasteiger partial charge in [0.2, 0.25) is 5.91 Å². The molecule has 0 saturated carbocycles. The molecule has 0 radical (unpaired) electrons. The van der Waals surface area contributed by atoms with Crippen LogP contribution in [-0.4, -0.2) is 38.4 Å². The first kappa shape index (κ1) is 17.8. The molecule has 27 heavy (non-hydrogen) atoms. The Bertz CT molecular complexity index is 906. The summed E-state index contributed by atoms with van der Waals surface area (Å²) in [5.41, 5.74) is 1.09. The van der Waals surface area contributed by atoms with Crippen molar-refractivity contribution in [2.45, 2.75) is 31.7 Å². The number of halogens is 1. The van der Waals surface area contributed by atoms with Gasteiger partial charge < -0.3 is 13.9 Å². The number of imidazole rings is 1. The van der Waals surface area contributed by atoms with E-state index in [0.29, 0.717) is 30.4 Å². The summed E-state index contributed by atoms with van der Waals surface area (Å²) in [5, 5.41) is 0.714. The maximum absolute atomic E-state index is 12.5. The molecule has 1 fully saturated rings. The topological polar surface area (TPSA) is 64.2 Å². The molecule has 6 nitrogen and oxygen atoms in total. The normalized spacial score (nSPS) is 17.2. The summed E-state index contributed by atoms with van der Waals surface area (Å²) in [4.78, 5) is 22.9. The zero-order chi connectivity index (χ0) is 18.6. The highest BCUT2D eigenvalue weighted by molar-refractivity contribution is 6.30. The van der Waals surface area contributed by atoms with Crippen LogP contribution in [0.15, 0.2) is 53.6 Å². The van der Waals surface area contributed by atoms with E-state index >= 15 is 0 Å². The van der Waals surface area contributed by atoms with E-state index in [0.717, 1.165) is 30.7 Å². The highest BCUT2D eigenvalue weighted by Crippen LogP contribution is 2.27. The second-order valence-corrected chi connectivity index (χ2v) is 7.32. The fourth-order valence-corrected chi connectivity index (χ4v) is 3.70. The third kappa shape index (κ3) is 4.39. The van der Waals surface area contributed by atoms with Crippen molar-refractivity contribution in [2.24, 2.45) is 0 Å². The van der Waals surface area contributed by atoms with E-state index in [1.165, 1.54) is 0 Å². The van der Waals surface area contributed by atoms with Gasteiger partial charge in [0, 0.05) is 36.9 Å². The van der Waals surface area contributed by atoms with Gasteiger partial charge in [0.15, 0.2) is 5.89 Å². The predicted octanol–water partition coefficient (Wildman–Crippen LogP) is 3.52. The van der Waals surface area contributed by atoms with Crippen LogP contribution in [-0.2, 0) is 17.8 Å². The number of hydrogen-bond donors (Lipinski definition) is 0. The Balaban J connectivity index is 1.39. The van der Waals surface area contributed by atoms with E-state index in [9.17, 15) is 4.79 Å². The van der Waals surface area contributed by atoms with Crippen LogP contribution in [0, 0.1) is 0 Å². The minimum atomic E-state index is 0.100. The molecule has 2 aromatic heterocycles. The van der Waals surface area contributed by atoms with Gasteiger partial charge in [-0.05, 0) is 30.5 Å². The van der Waals surface area contributed by atoms with Crippen LogP contribution < -0.4 is 0 Å². The quantitative estimate of drug-likeness (QED) is 0.675. The van der Waals surface area contributed by atoms with Gasteiger partial charge in [-0.1, -0.05) is 23.7 Å². The summed E-state index contributed by atoms with van der Waals surface area (Å²) in [6, 6.07) is 7.74. The Morgan fingerprint density at radius 1 is 1.37 bits per heavy atom. The van der Waals surface area contributed by atoms with E-state index < -0.39 is 0 Å². The molecule has 3 heterocycles. The highest BCUT2D eigenvalue weighted by Gasteiger charge is 2.27. The van der Waals surface area contributed by atoms with Crippen molar-refractivity contribution in [3.05, 3.63) is 71.4 Å². The number of nitrogens with zero attached hydrogens (tertiary/aromatic N) is 4. The van der Waals surface area contributed by atoms with Crippen molar-refractivity contribution < 1.29 is 9.21 Å². The fraction of sp³-hybridized carbons (Fsp3) is 0.350. The van der Waals surface area contributed by atoms with Crippen molar-refractivity contribution >= 4 is 17.5 Å². The first-order chi connectivity index (χ1) is 13.2. The molecule has 7 heteroatoms. The SMILES string of the molecule is O=C(Cn1ccnc1)N1CCC[C@H](c2ncc(Cc3cccc(Cl)c3)o2)C1. The third-order valence-corrected chi connectivity index (χ3v) is 5.07. The number of hydrogen-bond acceptors (Lipinski definition) is 4. The van der Waals surface area contributed by atoms with Gasteiger partial charge >= 0.3 is 0 Å². The van der Waals surface area contributed by atoms with Crippen molar-refractivity contribution in [3.8, 4) is 0 Å². The van der Waals surface area contributed by atoms with Gasteiger partial charge in [-0.2, -0.15) is 0 Å². The summed E-state index contributed by atoms with van der Waals surface area (Å²) >= 11 is 6.05. The van der Waals surface area contributed by atoms with Gasteiger partial charge in [-0.3, -0.25) is 4.79 Å². The molecule has 1 saturated heterocycles. The number of aromatic nitrogens is 3. The molecule has 1 aromatic carbocycles. The van der Waals surface area contributed by atoms with Crippen LogP contribution in [0.2, 0.25) is 5.02 Å². The Hall–Kier alpha value is -2.60. The molecule has 0 unspecified atom stereocenters. The lowest BCUT2D eigenvalue weighted by molar-refractivity contribution is -0.133. The maximum Gasteiger partial charge on any atom is 0.242 e. The molecule has 0 aliphatic carbocycles. The smallest absolute Gasteiger partial charge is 0.242 e. The fourth-order valence-electron chi connectivity index (χ4n) is 3.48. The van der Waals surface area contributed by atoms with Crippen LogP contribution >= 0.6 is 11.6 Å². The second kappa shape index (κ2) is 7.96. The van der Waals surface area contributed by atoms with Crippen molar-refractivity contribution in [2.75, 3.05) is 13.1 Å². The van der Waals surface area contributed by atoms with Crippen LogP contribution in [0.4, 0.5) is 0 Å². The van der Waals surface area contributed by atoms with Crippen molar-refractivity contribution in [3.63, 3.8) is 0 Å². The number of oxazole rings is 1. The highest BCUT2D eigenvalue weighted by atomic mass is 35.5. The summed E-state index contributed by atoms with van der Waals surface area (Å²) in [7, 11) is 0. The number of benzene rings is 1. The molecule has 1 aliphatic heterocycles. The van der Waals surface area contributed by atoms with Crippen LogP contribution in [0.1, 0.15) is 36.0 Å². The first-order valence-electron chi connectivity index (χ1n) is 9.10. The van der Waals surface area contributed by atoms with Crippen LogP contribution in [0.5, 0.6) is 0 Å². The Kier molecular flexibility index (Phi) is 5.25. The summed E-state index contributed by atoms with van der Waals surface area (Å²) in [6.45, 7) is 1.74. The van der Waals surface area contributed by atoms with E-state index in [-0.39, 0.29) is 11.8 Å². The second-order valence-electron chi connectivity index (χ2n) is 6.89. The molecule has 0 bridgehead atoms. The maximum atomic E-state index is 12.5. The number of likely N-dealkylation sites (tertiary alicyclic amines) is 1. The predicted molar refractivity (Wildman–Crippen MR) is 102 cm³/mol. The molecule has 0 spiro atoms. The lowest BCUT2D eigenvalue weighted by atomic mass is 9.98. The first-order valence-corrected chi connectivity index (χ1v) is 9.48. The molecular formula is C20H21ClN4O2. The van der Waals surface area contributed by atoms with E-state index in [1.807, 2.05) is 29.2 Å². The zero-order valence-corrected chi connectivity index (χ0v) is 15.7. The van der Waals surface area contributed by atoms with Gasteiger partial charge in [-0.15, -0.1) is 0 Å². The number of carbonyl (C=O) groups is 1. The Morgan fingerprint density at radius 3 is 3.11 bits per heavy atom. The monoisotopic (exact) mass is 384 g/mol. The van der Waals surface area contributed by atoms with Gasteiger partial charge in [0.05, 0.1) is 18.4 Å². The molecule has 0 N–H and O–H groups in total. The molecule has 1 amide bonds.